The van der Waals surface area contributed by atoms with Crippen LogP contribution in [0.5, 0.6) is 0 Å². The number of hydrogen-bond donors (Lipinski definition) is 1. The van der Waals surface area contributed by atoms with Gasteiger partial charge in [0.25, 0.3) is 0 Å². The van der Waals surface area contributed by atoms with E-state index in [0.717, 1.165) is 6.54 Å². The highest BCUT2D eigenvalue weighted by atomic mass is 32.2. The van der Waals surface area contributed by atoms with Crippen molar-refractivity contribution in [3.8, 4) is 0 Å². The third-order valence-electron chi connectivity index (χ3n) is 3.29. The maximum Gasteiger partial charge on any atom is 0.148 e. The van der Waals surface area contributed by atoms with E-state index < -0.39 is 9.84 Å². The Kier molecular flexibility index (Phi) is 6.82. The summed E-state index contributed by atoms with van der Waals surface area (Å²) in [6.45, 7) is 12.3. The topological polar surface area (TPSA) is 49.4 Å². The minimum Gasteiger partial charge on any atom is -0.312 e. The molecule has 0 saturated carbocycles. The first kappa shape index (κ1) is 17.9. The van der Waals surface area contributed by atoms with E-state index in [9.17, 15) is 8.42 Å². The average molecular weight is 278 g/mol. The van der Waals surface area contributed by atoms with Crippen LogP contribution < -0.4 is 5.32 Å². The van der Waals surface area contributed by atoms with Crippen LogP contribution in [0, 0.1) is 5.92 Å². The lowest BCUT2D eigenvalue weighted by atomic mass is 10.0. The molecule has 0 radical (unpaired) electrons. The molecule has 0 saturated heterocycles. The van der Waals surface area contributed by atoms with Crippen molar-refractivity contribution < 1.29 is 8.42 Å². The number of rotatable bonds is 7. The number of sulfone groups is 1. The molecule has 0 aliphatic carbocycles. The highest BCUT2D eigenvalue weighted by molar-refractivity contribution is 7.90. The third kappa shape index (κ3) is 8.89. The Morgan fingerprint density at radius 2 is 1.72 bits per heavy atom. The first-order chi connectivity index (χ1) is 7.92. The Morgan fingerprint density at radius 3 is 2.11 bits per heavy atom. The lowest BCUT2D eigenvalue weighted by molar-refractivity contribution is 0.198. The van der Waals surface area contributed by atoms with Gasteiger partial charge in [-0.05, 0) is 47.2 Å². The first-order valence-electron chi connectivity index (χ1n) is 6.55. The van der Waals surface area contributed by atoms with Crippen LogP contribution in [0.4, 0.5) is 0 Å². The highest BCUT2D eigenvalue weighted by Gasteiger charge is 2.19. The molecule has 0 rings (SSSR count). The fourth-order valence-electron chi connectivity index (χ4n) is 1.59. The van der Waals surface area contributed by atoms with Crippen LogP contribution in [0.2, 0.25) is 0 Å². The van der Waals surface area contributed by atoms with Gasteiger partial charge in [0.2, 0.25) is 0 Å². The zero-order valence-corrected chi connectivity index (χ0v) is 13.8. The minimum absolute atomic E-state index is 0.124. The Hall–Kier alpha value is -0.130. The Morgan fingerprint density at radius 1 is 1.22 bits per heavy atom. The molecule has 0 heterocycles. The summed E-state index contributed by atoms with van der Waals surface area (Å²) in [6, 6.07) is 0.363. The lowest BCUT2D eigenvalue weighted by Gasteiger charge is -2.32. The molecule has 0 fully saturated rings. The summed E-state index contributed by atoms with van der Waals surface area (Å²) in [6.07, 6.45) is 1.29. The summed E-state index contributed by atoms with van der Waals surface area (Å²) < 4.78 is 22.3. The Labute approximate surface area is 113 Å². The Balaban J connectivity index is 4.16. The van der Waals surface area contributed by atoms with Crippen molar-refractivity contribution in [1.82, 2.24) is 10.2 Å². The van der Waals surface area contributed by atoms with Crippen molar-refractivity contribution >= 4 is 9.84 Å². The molecule has 0 bridgehead atoms. The Bertz CT molecular complexity index is 333. The normalized spacial score (nSPS) is 16.9. The predicted octanol–water partition coefficient (Wildman–Crippen LogP) is 1.38. The van der Waals surface area contributed by atoms with Crippen molar-refractivity contribution in [2.45, 2.75) is 46.2 Å². The zero-order valence-electron chi connectivity index (χ0n) is 12.9. The molecular formula is C13H30N2O2S. The molecular weight excluding hydrogens is 248 g/mol. The summed E-state index contributed by atoms with van der Waals surface area (Å²) in [5.41, 5.74) is 0.124. The molecule has 2 atom stereocenters. The van der Waals surface area contributed by atoms with Gasteiger partial charge in [-0.2, -0.15) is 0 Å². The van der Waals surface area contributed by atoms with E-state index in [1.807, 2.05) is 7.05 Å². The molecule has 0 amide bonds. The van der Waals surface area contributed by atoms with Gasteiger partial charge in [0.15, 0.2) is 0 Å². The van der Waals surface area contributed by atoms with Crippen LogP contribution in [0.3, 0.4) is 0 Å². The first-order valence-corrected chi connectivity index (χ1v) is 8.61. The van der Waals surface area contributed by atoms with Crippen LogP contribution in [0.1, 0.15) is 34.6 Å². The summed E-state index contributed by atoms with van der Waals surface area (Å²) in [4.78, 5) is 2.12. The van der Waals surface area contributed by atoms with E-state index in [1.54, 1.807) is 0 Å². The summed E-state index contributed by atoms with van der Waals surface area (Å²) in [5.74, 6) is 0.710. The zero-order chi connectivity index (χ0) is 14.6. The van der Waals surface area contributed by atoms with E-state index in [-0.39, 0.29) is 11.3 Å². The molecule has 0 aliphatic heterocycles. The monoisotopic (exact) mass is 278 g/mol. The summed E-state index contributed by atoms with van der Waals surface area (Å²) in [7, 11) is -0.882. The van der Waals surface area contributed by atoms with E-state index >= 15 is 0 Å². The largest absolute Gasteiger partial charge is 0.312 e. The quantitative estimate of drug-likeness (QED) is 0.764. The molecule has 1 N–H and O–H groups in total. The average Bonchev–Trinajstić information content (AvgIpc) is 2.19. The third-order valence-corrected chi connectivity index (χ3v) is 4.21. The van der Waals surface area contributed by atoms with Gasteiger partial charge >= 0.3 is 0 Å². The summed E-state index contributed by atoms with van der Waals surface area (Å²) in [5, 5.41) is 3.48. The molecule has 0 spiro atoms. The number of nitrogens with zero attached hydrogens (tertiary/aromatic N) is 1. The molecule has 5 heteroatoms. The van der Waals surface area contributed by atoms with Gasteiger partial charge in [-0.25, -0.2) is 8.42 Å². The van der Waals surface area contributed by atoms with Crippen LogP contribution in [-0.2, 0) is 9.84 Å². The molecule has 110 valence electrons. The van der Waals surface area contributed by atoms with Gasteiger partial charge in [-0.1, -0.05) is 6.92 Å². The van der Waals surface area contributed by atoms with Crippen LogP contribution in [0.25, 0.3) is 0 Å². The second-order valence-electron chi connectivity index (χ2n) is 6.46. The van der Waals surface area contributed by atoms with Gasteiger partial charge in [0.05, 0.1) is 5.75 Å². The number of hydrogen-bond acceptors (Lipinski definition) is 4. The van der Waals surface area contributed by atoms with E-state index in [1.165, 1.54) is 6.26 Å². The lowest BCUT2D eigenvalue weighted by Crippen LogP contribution is -2.45. The smallest absolute Gasteiger partial charge is 0.148 e. The van der Waals surface area contributed by atoms with Crippen LogP contribution >= 0.6 is 0 Å². The summed E-state index contributed by atoms with van der Waals surface area (Å²) >= 11 is 0. The molecule has 0 aliphatic rings. The van der Waals surface area contributed by atoms with Crippen LogP contribution in [0.15, 0.2) is 0 Å². The number of nitrogens with one attached hydrogen (secondary N) is 1. The van der Waals surface area contributed by atoms with Gasteiger partial charge in [0, 0.05) is 24.4 Å². The predicted molar refractivity (Wildman–Crippen MR) is 78.7 cm³/mol. The highest BCUT2D eigenvalue weighted by Crippen LogP contribution is 2.10. The van der Waals surface area contributed by atoms with Crippen LogP contribution in [-0.4, -0.2) is 57.0 Å². The van der Waals surface area contributed by atoms with Gasteiger partial charge in [-0.15, -0.1) is 0 Å². The minimum atomic E-state index is -2.87. The van der Waals surface area contributed by atoms with E-state index in [0.29, 0.717) is 18.5 Å². The van der Waals surface area contributed by atoms with E-state index in [4.69, 9.17) is 0 Å². The molecule has 0 aromatic carbocycles. The van der Waals surface area contributed by atoms with Gasteiger partial charge < -0.3 is 10.2 Å². The van der Waals surface area contributed by atoms with Crippen molar-refractivity contribution in [2.75, 3.05) is 32.1 Å². The van der Waals surface area contributed by atoms with Gasteiger partial charge in [0.1, 0.15) is 9.84 Å². The maximum atomic E-state index is 11.1. The molecule has 4 nitrogen and oxygen atoms in total. The molecule has 0 aromatic rings. The molecule has 2 unspecified atom stereocenters. The molecule has 0 aromatic heterocycles. The second-order valence-corrected chi connectivity index (χ2v) is 8.72. The van der Waals surface area contributed by atoms with Crippen molar-refractivity contribution in [3.05, 3.63) is 0 Å². The fourth-order valence-corrected chi connectivity index (χ4v) is 2.21. The molecule has 18 heavy (non-hydrogen) atoms. The fraction of sp³-hybridized carbons (Fsp3) is 1.00. The second kappa shape index (κ2) is 6.87. The van der Waals surface area contributed by atoms with Gasteiger partial charge in [-0.3, -0.25) is 0 Å². The van der Waals surface area contributed by atoms with Crippen molar-refractivity contribution in [2.24, 2.45) is 5.92 Å². The van der Waals surface area contributed by atoms with Crippen molar-refractivity contribution in [3.63, 3.8) is 0 Å². The van der Waals surface area contributed by atoms with E-state index in [2.05, 4.69) is 44.8 Å². The standard InChI is InChI=1S/C13H30N2O2S/c1-11(10-14-13(3,4)5)12(2)15(6)8-9-18(7,16)17/h11-12,14H,8-10H2,1-7H3. The SMILES string of the molecule is CC(CNC(C)(C)C)C(C)N(C)CCS(C)(=O)=O. The van der Waals surface area contributed by atoms with Crippen molar-refractivity contribution in [1.29, 1.82) is 0 Å². The maximum absolute atomic E-state index is 11.1.